The molecule has 0 atom stereocenters. The predicted molar refractivity (Wildman–Crippen MR) is 79.1 cm³/mol. The number of hydrogen-bond donors (Lipinski definition) is 2. The highest BCUT2D eigenvalue weighted by Crippen LogP contribution is 2.30. The number of amidine groups is 1. The van der Waals surface area contributed by atoms with Crippen molar-refractivity contribution in [2.45, 2.75) is 45.2 Å². The van der Waals surface area contributed by atoms with Gasteiger partial charge >= 0.3 is 0 Å². The molecular weight excluding hydrogens is 278 g/mol. The molecule has 1 heterocycles. The van der Waals surface area contributed by atoms with Gasteiger partial charge in [0.05, 0.1) is 16.4 Å². The molecule has 1 aliphatic rings. The number of hydrogen-bond acceptors (Lipinski definition) is 4. The summed E-state index contributed by atoms with van der Waals surface area (Å²) in [6.45, 7) is 3.57. The number of nitrogens with zero attached hydrogens (tertiary/aromatic N) is 4. The van der Waals surface area contributed by atoms with E-state index in [1.165, 1.54) is 12.8 Å². The maximum absolute atomic E-state index is 8.62. The second-order valence-corrected chi connectivity index (χ2v) is 5.61. The zero-order valence-corrected chi connectivity index (χ0v) is 12.8. The van der Waals surface area contributed by atoms with Crippen molar-refractivity contribution in [1.29, 1.82) is 0 Å². The number of halogens is 1. The minimum absolute atomic E-state index is 0.265. The molecule has 6 nitrogen and oxygen atoms in total. The molecule has 0 bridgehead atoms. The SMILES string of the molecule is CCc1nn(C)c(CN(CCC(N)=NO)C2CC2)c1Cl. The normalized spacial score (nSPS) is 16.1. The molecule has 0 radical (unpaired) electrons. The second kappa shape index (κ2) is 6.45. The van der Waals surface area contributed by atoms with Crippen LogP contribution < -0.4 is 5.73 Å². The molecule has 1 saturated carbocycles. The lowest BCUT2D eigenvalue weighted by Crippen LogP contribution is -2.30. The maximum atomic E-state index is 8.62. The average molecular weight is 300 g/mol. The van der Waals surface area contributed by atoms with Crippen LogP contribution in [0.3, 0.4) is 0 Å². The summed E-state index contributed by atoms with van der Waals surface area (Å²) < 4.78 is 1.86. The number of oxime groups is 1. The van der Waals surface area contributed by atoms with Gasteiger partial charge in [-0.15, -0.1) is 0 Å². The van der Waals surface area contributed by atoms with Crippen LogP contribution in [0.4, 0.5) is 0 Å². The van der Waals surface area contributed by atoms with Crippen molar-refractivity contribution in [3.63, 3.8) is 0 Å². The lowest BCUT2D eigenvalue weighted by atomic mass is 10.2. The van der Waals surface area contributed by atoms with Crippen LogP contribution in [0.1, 0.15) is 37.6 Å². The van der Waals surface area contributed by atoms with Gasteiger partial charge in [0, 0.05) is 32.6 Å². The van der Waals surface area contributed by atoms with E-state index < -0.39 is 0 Å². The largest absolute Gasteiger partial charge is 0.409 e. The van der Waals surface area contributed by atoms with E-state index in [0.29, 0.717) is 12.5 Å². The number of nitrogens with two attached hydrogens (primary N) is 1. The van der Waals surface area contributed by atoms with E-state index >= 15 is 0 Å². The summed E-state index contributed by atoms with van der Waals surface area (Å²) in [5, 5.41) is 16.9. The van der Waals surface area contributed by atoms with Crippen LogP contribution in [-0.4, -0.2) is 38.3 Å². The van der Waals surface area contributed by atoms with E-state index in [2.05, 4.69) is 22.1 Å². The van der Waals surface area contributed by atoms with Crippen molar-refractivity contribution in [2.75, 3.05) is 6.54 Å². The van der Waals surface area contributed by atoms with Crippen molar-refractivity contribution in [3.8, 4) is 0 Å². The van der Waals surface area contributed by atoms with E-state index in [4.69, 9.17) is 22.5 Å². The van der Waals surface area contributed by atoms with Gasteiger partial charge in [-0.1, -0.05) is 23.7 Å². The molecule has 20 heavy (non-hydrogen) atoms. The molecule has 1 aromatic heterocycles. The first kappa shape index (κ1) is 15.1. The van der Waals surface area contributed by atoms with E-state index in [-0.39, 0.29) is 5.84 Å². The van der Waals surface area contributed by atoms with Gasteiger partial charge in [-0.25, -0.2) is 0 Å². The summed E-state index contributed by atoms with van der Waals surface area (Å²) in [5.41, 5.74) is 7.53. The van der Waals surface area contributed by atoms with Crippen LogP contribution >= 0.6 is 11.6 Å². The van der Waals surface area contributed by atoms with E-state index in [1.54, 1.807) is 0 Å². The molecule has 2 rings (SSSR count). The summed E-state index contributed by atoms with van der Waals surface area (Å²) in [7, 11) is 1.93. The van der Waals surface area contributed by atoms with E-state index in [9.17, 15) is 0 Å². The van der Waals surface area contributed by atoms with Crippen molar-refractivity contribution in [1.82, 2.24) is 14.7 Å². The molecule has 0 spiro atoms. The summed E-state index contributed by atoms with van der Waals surface area (Å²) in [4.78, 5) is 2.33. The third kappa shape index (κ3) is 3.43. The molecule has 0 amide bonds. The van der Waals surface area contributed by atoms with Crippen LogP contribution in [0.5, 0.6) is 0 Å². The van der Waals surface area contributed by atoms with Gasteiger partial charge in [-0.3, -0.25) is 9.58 Å². The van der Waals surface area contributed by atoms with Crippen molar-refractivity contribution in [2.24, 2.45) is 17.9 Å². The lowest BCUT2D eigenvalue weighted by molar-refractivity contribution is 0.253. The molecule has 0 aromatic carbocycles. The van der Waals surface area contributed by atoms with Gasteiger partial charge in [0.25, 0.3) is 0 Å². The van der Waals surface area contributed by atoms with Gasteiger partial charge in [0.2, 0.25) is 0 Å². The van der Waals surface area contributed by atoms with Gasteiger partial charge in [-0.05, 0) is 19.3 Å². The van der Waals surface area contributed by atoms with Crippen LogP contribution in [0, 0.1) is 0 Å². The first-order chi connectivity index (χ1) is 9.56. The Morgan fingerprint density at radius 1 is 1.60 bits per heavy atom. The molecule has 1 aliphatic carbocycles. The molecule has 1 aromatic rings. The third-order valence-electron chi connectivity index (χ3n) is 3.70. The Morgan fingerprint density at radius 3 is 2.80 bits per heavy atom. The molecule has 0 saturated heterocycles. The maximum Gasteiger partial charge on any atom is 0.140 e. The first-order valence-electron chi connectivity index (χ1n) is 6.97. The van der Waals surface area contributed by atoms with E-state index in [0.717, 1.165) is 35.9 Å². The Hall–Kier alpha value is -1.27. The topological polar surface area (TPSA) is 79.7 Å². The minimum Gasteiger partial charge on any atom is -0.409 e. The summed E-state index contributed by atoms with van der Waals surface area (Å²) >= 11 is 6.39. The number of aryl methyl sites for hydroxylation is 2. The molecule has 1 fully saturated rings. The molecule has 0 unspecified atom stereocenters. The zero-order chi connectivity index (χ0) is 14.7. The third-order valence-corrected chi connectivity index (χ3v) is 4.14. The molecule has 112 valence electrons. The monoisotopic (exact) mass is 299 g/mol. The summed E-state index contributed by atoms with van der Waals surface area (Å²) in [6, 6.07) is 0.581. The fourth-order valence-electron chi connectivity index (χ4n) is 2.32. The predicted octanol–water partition coefficient (Wildman–Crippen LogP) is 1.74. The molecule has 3 N–H and O–H groups in total. The highest BCUT2D eigenvalue weighted by Gasteiger charge is 2.30. The Bertz CT molecular complexity index is 495. The van der Waals surface area contributed by atoms with Crippen LogP contribution in [0.25, 0.3) is 0 Å². The Labute approximate surface area is 124 Å². The highest BCUT2D eigenvalue weighted by atomic mass is 35.5. The lowest BCUT2D eigenvalue weighted by Gasteiger charge is -2.21. The van der Waals surface area contributed by atoms with Gasteiger partial charge in [0.15, 0.2) is 0 Å². The molecule has 0 aliphatic heterocycles. The van der Waals surface area contributed by atoms with Crippen molar-refractivity contribution >= 4 is 17.4 Å². The highest BCUT2D eigenvalue weighted by molar-refractivity contribution is 6.31. The van der Waals surface area contributed by atoms with Crippen LogP contribution in [0.15, 0.2) is 5.16 Å². The summed E-state index contributed by atoms with van der Waals surface area (Å²) in [5.74, 6) is 0.265. The van der Waals surface area contributed by atoms with Crippen LogP contribution in [-0.2, 0) is 20.0 Å². The second-order valence-electron chi connectivity index (χ2n) is 5.23. The Morgan fingerprint density at radius 2 is 2.30 bits per heavy atom. The fraction of sp³-hybridized carbons (Fsp3) is 0.692. The smallest absolute Gasteiger partial charge is 0.140 e. The van der Waals surface area contributed by atoms with Crippen LogP contribution in [0.2, 0.25) is 5.02 Å². The van der Waals surface area contributed by atoms with Gasteiger partial charge in [-0.2, -0.15) is 5.10 Å². The van der Waals surface area contributed by atoms with Gasteiger partial charge in [0.1, 0.15) is 5.84 Å². The molecule has 7 heteroatoms. The number of aromatic nitrogens is 2. The van der Waals surface area contributed by atoms with Crippen molar-refractivity contribution < 1.29 is 5.21 Å². The zero-order valence-electron chi connectivity index (χ0n) is 12.0. The quantitative estimate of drug-likeness (QED) is 0.348. The van der Waals surface area contributed by atoms with E-state index in [1.807, 2.05) is 11.7 Å². The average Bonchev–Trinajstić information content (AvgIpc) is 3.24. The summed E-state index contributed by atoms with van der Waals surface area (Å²) in [6.07, 6.45) is 3.79. The number of rotatable bonds is 7. The Kier molecular flexibility index (Phi) is 4.88. The molecular formula is C13H22ClN5O. The fourth-order valence-corrected chi connectivity index (χ4v) is 2.68. The first-order valence-corrected chi connectivity index (χ1v) is 7.35. The van der Waals surface area contributed by atoms with Crippen molar-refractivity contribution in [3.05, 3.63) is 16.4 Å². The van der Waals surface area contributed by atoms with Gasteiger partial charge < -0.3 is 10.9 Å². The Balaban J connectivity index is 2.06. The standard InChI is InChI=1S/C13H22ClN5O/c1-3-10-13(14)11(18(2)16-10)8-19(9-4-5-9)7-6-12(15)17-20/h9,20H,3-8H2,1-2H3,(H2,15,17). The minimum atomic E-state index is 0.265.